The molecule has 1 fully saturated rings. The SMILES string of the molecule is NNC(c1ccc(OC(F)(F)F)cc1)C1CCOCC1. The fourth-order valence-corrected chi connectivity index (χ4v) is 2.43. The van der Waals surface area contributed by atoms with Crippen LogP contribution in [-0.2, 0) is 4.74 Å². The average molecular weight is 290 g/mol. The van der Waals surface area contributed by atoms with Crippen LogP contribution >= 0.6 is 0 Å². The number of rotatable bonds is 4. The molecule has 0 amide bonds. The summed E-state index contributed by atoms with van der Waals surface area (Å²) in [5.41, 5.74) is 3.58. The first-order valence-electron chi connectivity index (χ1n) is 6.39. The van der Waals surface area contributed by atoms with Crippen molar-refractivity contribution in [3.05, 3.63) is 29.8 Å². The quantitative estimate of drug-likeness (QED) is 0.661. The first-order chi connectivity index (χ1) is 9.49. The summed E-state index contributed by atoms with van der Waals surface area (Å²) in [5.74, 6) is 5.65. The predicted molar refractivity (Wildman–Crippen MR) is 66.7 cm³/mol. The largest absolute Gasteiger partial charge is 0.573 e. The zero-order chi connectivity index (χ0) is 14.6. The van der Waals surface area contributed by atoms with Crippen LogP contribution < -0.4 is 16.0 Å². The van der Waals surface area contributed by atoms with E-state index in [1.165, 1.54) is 12.1 Å². The summed E-state index contributed by atoms with van der Waals surface area (Å²) in [7, 11) is 0. The predicted octanol–water partition coefficient (Wildman–Crippen LogP) is 2.52. The number of hydrazine groups is 1. The highest BCUT2D eigenvalue weighted by Crippen LogP contribution is 2.31. The lowest BCUT2D eigenvalue weighted by Crippen LogP contribution is -2.36. The zero-order valence-electron chi connectivity index (χ0n) is 10.8. The smallest absolute Gasteiger partial charge is 0.406 e. The molecular weight excluding hydrogens is 273 g/mol. The van der Waals surface area contributed by atoms with Crippen LogP contribution in [0.2, 0.25) is 0 Å². The third-order valence-electron chi connectivity index (χ3n) is 3.39. The first-order valence-corrected chi connectivity index (χ1v) is 6.39. The number of alkyl halides is 3. The van der Waals surface area contributed by atoms with Gasteiger partial charge in [0.2, 0.25) is 0 Å². The highest BCUT2D eigenvalue weighted by molar-refractivity contribution is 5.29. The van der Waals surface area contributed by atoms with Crippen LogP contribution in [0.3, 0.4) is 0 Å². The Morgan fingerprint density at radius 1 is 1.20 bits per heavy atom. The first kappa shape index (κ1) is 15.1. The van der Waals surface area contributed by atoms with Crippen molar-refractivity contribution < 1.29 is 22.6 Å². The number of ether oxygens (including phenoxy) is 2. The Morgan fingerprint density at radius 2 is 1.80 bits per heavy atom. The molecule has 0 bridgehead atoms. The second-order valence-electron chi connectivity index (χ2n) is 4.71. The maximum Gasteiger partial charge on any atom is 0.573 e. The Morgan fingerprint density at radius 3 is 2.30 bits per heavy atom. The topological polar surface area (TPSA) is 56.5 Å². The molecule has 1 heterocycles. The number of hydrogen-bond donors (Lipinski definition) is 2. The molecule has 1 aromatic carbocycles. The molecule has 2 rings (SSSR count). The molecular formula is C13H17F3N2O2. The normalized spacial score (nSPS) is 18.8. The van der Waals surface area contributed by atoms with E-state index in [9.17, 15) is 13.2 Å². The number of nitrogens with one attached hydrogen (secondary N) is 1. The van der Waals surface area contributed by atoms with Crippen LogP contribution in [0.15, 0.2) is 24.3 Å². The molecule has 112 valence electrons. The molecule has 1 aromatic rings. The summed E-state index contributed by atoms with van der Waals surface area (Å²) >= 11 is 0. The van der Waals surface area contributed by atoms with Crippen molar-refractivity contribution in [2.45, 2.75) is 25.2 Å². The van der Waals surface area contributed by atoms with Gasteiger partial charge in [0.05, 0.1) is 0 Å². The van der Waals surface area contributed by atoms with Crippen LogP contribution in [0.1, 0.15) is 24.4 Å². The van der Waals surface area contributed by atoms with Crippen molar-refractivity contribution in [1.29, 1.82) is 0 Å². The number of nitrogens with two attached hydrogens (primary N) is 1. The van der Waals surface area contributed by atoms with Crippen LogP contribution in [-0.4, -0.2) is 19.6 Å². The molecule has 0 aliphatic carbocycles. The molecule has 7 heteroatoms. The molecule has 20 heavy (non-hydrogen) atoms. The zero-order valence-corrected chi connectivity index (χ0v) is 10.8. The molecule has 0 aromatic heterocycles. The number of halogens is 3. The minimum absolute atomic E-state index is 0.0983. The van der Waals surface area contributed by atoms with Gasteiger partial charge in [0, 0.05) is 19.3 Å². The summed E-state index contributed by atoms with van der Waals surface area (Å²) in [6.07, 6.45) is -2.93. The Balaban J connectivity index is 2.06. The Hall–Kier alpha value is -1.31. The highest BCUT2D eigenvalue weighted by atomic mass is 19.4. The van der Waals surface area contributed by atoms with Gasteiger partial charge in [0.15, 0.2) is 0 Å². The summed E-state index contributed by atoms with van der Waals surface area (Å²) in [6, 6.07) is 5.69. The molecule has 1 aliphatic rings. The van der Waals surface area contributed by atoms with Crippen molar-refractivity contribution in [1.82, 2.24) is 5.43 Å². The average Bonchev–Trinajstić information content (AvgIpc) is 2.41. The van der Waals surface area contributed by atoms with E-state index in [0.29, 0.717) is 19.1 Å². The fourth-order valence-electron chi connectivity index (χ4n) is 2.43. The van der Waals surface area contributed by atoms with Gasteiger partial charge < -0.3 is 9.47 Å². The maximum absolute atomic E-state index is 12.1. The summed E-state index contributed by atoms with van der Waals surface area (Å²) in [5, 5.41) is 0. The third-order valence-corrected chi connectivity index (χ3v) is 3.39. The Bertz CT molecular complexity index is 417. The monoisotopic (exact) mass is 290 g/mol. The van der Waals surface area contributed by atoms with Crippen molar-refractivity contribution in [2.75, 3.05) is 13.2 Å². The van der Waals surface area contributed by atoms with Gasteiger partial charge in [0.25, 0.3) is 0 Å². The summed E-state index contributed by atoms with van der Waals surface area (Å²) in [4.78, 5) is 0. The highest BCUT2D eigenvalue weighted by Gasteiger charge is 2.31. The summed E-state index contributed by atoms with van der Waals surface area (Å²) in [6.45, 7) is 1.36. The van der Waals surface area contributed by atoms with Crippen LogP contribution in [0.4, 0.5) is 13.2 Å². The van der Waals surface area contributed by atoms with Gasteiger partial charge in [-0.25, -0.2) is 0 Å². The number of benzene rings is 1. The van der Waals surface area contributed by atoms with E-state index < -0.39 is 6.36 Å². The van der Waals surface area contributed by atoms with E-state index >= 15 is 0 Å². The van der Waals surface area contributed by atoms with E-state index in [4.69, 9.17) is 10.6 Å². The lowest BCUT2D eigenvalue weighted by atomic mass is 9.87. The number of hydrogen-bond acceptors (Lipinski definition) is 4. The minimum Gasteiger partial charge on any atom is -0.406 e. The van der Waals surface area contributed by atoms with Crippen LogP contribution in [0, 0.1) is 5.92 Å². The molecule has 3 N–H and O–H groups in total. The minimum atomic E-state index is -4.67. The molecule has 4 nitrogen and oxygen atoms in total. The van der Waals surface area contributed by atoms with Gasteiger partial charge in [0.1, 0.15) is 5.75 Å². The van der Waals surface area contributed by atoms with Crippen LogP contribution in [0.5, 0.6) is 5.75 Å². The fraction of sp³-hybridized carbons (Fsp3) is 0.538. The van der Waals surface area contributed by atoms with E-state index in [1.54, 1.807) is 12.1 Å². The lowest BCUT2D eigenvalue weighted by Gasteiger charge is -2.30. The Labute approximate surface area is 115 Å². The molecule has 1 saturated heterocycles. The van der Waals surface area contributed by atoms with Gasteiger partial charge in [-0.15, -0.1) is 13.2 Å². The van der Waals surface area contributed by atoms with Crippen molar-refractivity contribution in [3.63, 3.8) is 0 Å². The molecule has 1 unspecified atom stereocenters. The van der Waals surface area contributed by atoms with Gasteiger partial charge in [-0.2, -0.15) is 0 Å². The standard InChI is InChI=1S/C13H17F3N2O2/c14-13(15,16)20-11-3-1-9(2-4-11)12(18-17)10-5-7-19-8-6-10/h1-4,10,12,18H,5-8,17H2. The molecule has 0 saturated carbocycles. The second kappa shape index (κ2) is 6.43. The van der Waals surface area contributed by atoms with Gasteiger partial charge in [-0.3, -0.25) is 11.3 Å². The van der Waals surface area contributed by atoms with Crippen LogP contribution in [0.25, 0.3) is 0 Å². The molecule has 0 radical (unpaired) electrons. The van der Waals surface area contributed by atoms with Gasteiger partial charge >= 0.3 is 6.36 Å². The summed E-state index contributed by atoms with van der Waals surface area (Å²) < 4.78 is 45.4. The van der Waals surface area contributed by atoms with Crippen molar-refractivity contribution >= 4 is 0 Å². The molecule has 1 aliphatic heterocycles. The van der Waals surface area contributed by atoms with E-state index in [2.05, 4.69) is 10.2 Å². The third kappa shape index (κ3) is 4.09. The second-order valence-corrected chi connectivity index (χ2v) is 4.71. The van der Waals surface area contributed by atoms with Gasteiger partial charge in [-0.1, -0.05) is 12.1 Å². The van der Waals surface area contributed by atoms with Crippen molar-refractivity contribution in [3.8, 4) is 5.75 Å². The van der Waals surface area contributed by atoms with E-state index in [0.717, 1.165) is 18.4 Å². The maximum atomic E-state index is 12.1. The van der Waals surface area contributed by atoms with E-state index in [-0.39, 0.29) is 11.8 Å². The van der Waals surface area contributed by atoms with Gasteiger partial charge in [-0.05, 0) is 36.5 Å². The van der Waals surface area contributed by atoms with E-state index in [1.807, 2.05) is 0 Å². The molecule has 0 spiro atoms. The Kier molecular flexibility index (Phi) is 4.85. The lowest BCUT2D eigenvalue weighted by molar-refractivity contribution is -0.274. The molecule has 1 atom stereocenters. The van der Waals surface area contributed by atoms with Crippen molar-refractivity contribution in [2.24, 2.45) is 11.8 Å².